The number of hydrogen-bond acceptors (Lipinski definition) is 4. The van der Waals surface area contributed by atoms with Crippen LogP contribution in [0.5, 0.6) is 0 Å². The Labute approximate surface area is 170 Å². The smallest absolute Gasteiger partial charge is 0.311 e. The zero-order valence-electron chi connectivity index (χ0n) is 17.0. The van der Waals surface area contributed by atoms with Crippen molar-refractivity contribution in [3.05, 3.63) is 64.7 Å². The fraction of sp³-hybridized carbons (Fsp3) is 0.348. The summed E-state index contributed by atoms with van der Waals surface area (Å²) in [5.74, 6) is -1.53. The number of benzene rings is 2. The molecule has 1 aliphatic heterocycles. The Morgan fingerprint density at radius 3 is 2.55 bits per heavy atom. The van der Waals surface area contributed by atoms with Gasteiger partial charge in [0.05, 0.1) is 5.92 Å². The number of esters is 1. The van der Waals surface area contributed by atoms with Gasteiger partial charge in [-0.15, -0.1) is 0 Å². The van der Waals surface area contributed by atoms with Crippen molar-refractivity contribution >= 4 is 23.5 Å². The summed E-state index contributed by atoms with van der Waals surface area (Å²) in [6.45, 7) is 6.30. The van der Waals surface area contributed by atoms with Gasteiger partial charge in [-0.05, 0) is 43.5 Å². The predicted molar refractivity (Wildman–Crippen MR) is 110 cm³/mol. The maximum Gasteiger partial charge on any atom is 0.311 e. The van der Waals surface area contributed by atoms with Crippen molar-refractivity contribution < 1.29 is 19.1 Å². The van der Waals surface area contributed by atoms with E-state index >= 15 is 0 Å². The van der Waals surface area contributed by atoms with Crippen LogP contribution in [0.2, 0.25) is 0 Å². The molecule has 0 unspecified atom stereocenters. The minimum absolute atomic E-state index is 0.0765. The van der Waals surface area contributed by atoms with E-state index in [2.05, 4.69) is 5.32 Å². The Hall–Kier alpha value is -3.15. The number of amides is 2. The van der Waals surface area contributed by atoms with Crippen LogP contribution in [0.3, 0.4) is 0 Å². The molecule has 29 heavy (non-hydrogen) atoms. The number of ether oxygens (including phenoxy) is 1. The Balaban J connectivity index is 1.49. The molecule has 6 heteroatoms. The van der Waals surface area contributed by atoms with E-state index in [4.69, 9.17) is 4.74 Å². The number of nitrogens with one attached hydrogen (secondary N) is 1. The van der Waals surface area contributed by atoms with E-state index in [1.807, 2.05) is 57.2 Å². The third-order valence-electron chi connectivity index (χ3n) is 5.27. The van der Waals surface area contributed by atoms with E-state index in [-0.39, 0.29) is 18.9 Å². The largest absolute Gasteiger partial charge is 0.455 e. The maximum atomic E-state index is 12.3. The molecule has 0 aliphatic carbocycles. The second kappa shape index (κ2) is 8.90. The molecule has 1 atom stereocenters. The van der Waals surface area contributed by atoms with Gasteiger partial charge >= 0.3 is 5.97 Å². The number of hydrogen-bond donors (Lipinski definition) is 1. The average molecular weight is 394 g/mol. The van der Waals surface area contributed by atoms with Crippen molar-refractivity contribution in [1.82, 2.24) is 4.90 Å². The molecule has 0 saturated carbocycles. The van der Waals surface area contributed by atoms with Gasteiger partial charge in [-0.1, -0.05) is 42.0 Å². The first-order valence-electron chi connectivity index (χ1n) is 9.69. The first-order valence-corrected chi connectivity index (χ1v) is 9.69. The van der Waals surface area contributed by atoms with Gasteiger partial charge in [0.2, 0.25) is 5.91 Å². The molecule has 1 N–H and O–H groups in total. The Morgan fingerprint density at radius 1 is 1.10 bits per heavy atom. The molecule has 1 fully saturated rings. The van der Waals surface area contributed by atoms with Gasteiger partial charge in [0.1, 0.15) is 0 Å². The van der Waals surface area contributed by atoms with Crippen LogP contribution in [0.1, 0.15) is 28.7 Å². The second-order valence-corrected chi connectivity index (χ2v) is 7.56. The highest BCUT2D eigenvalue weighted by Crippen LogP contribution is 2.22. The lowest BCUT2D eigenvalue weighted by molar-refractivity contribution is -0.151. The Kier molecular flexibility index (Phi) is 6.32. The summed E-state index contributed by atoms with van der Waals surface area (Å²) in [7, 11) is 0. The third-order valence-corrected chi connectivity index (χ3v) is 5.27. The number of aryl methyl sites for hydroxylation is 2. The molecule has 2 aromatic rings. The van der Waals surface area contributed by atoms with Crippen LogP contribution >= 0.6 is 0 Å². The monoisotopic (exact) mass is 394 g/mol. The first-order chi connectivity index (χ1) is 13.8. The number of rotatable bonds is 6. The van der Waals surface area contributed by atoms with E-state index in [9.17, 15) is 14.4 Å². The predicted octanol–water partition coefficient (Wildman–Crippen LogP) is 3.14. The van der Waals surface area contributed by atoms with E-state index in [1.54, 1.807) is 11.0 Å². The lowest BCUT2D eigenvalue weighted by Gasteiger charge is -2.16. The third kappa shape index (κ3) is 5.22. The minimum Gasteiger partial charge on any atom is -0.455 e. The zero-order chi connectivity index (χ0) is 21.0. The summed E-state index contributed by atoms with van der Waals surface area (Å²) in [4.78, 5) is 38.4. The normalized spacial score (nSPS) is 16.0. The van der Waals surface area contributed by atoms with Crippen molar-refractivity contribution in [3.8, 4) is 0 Å². The molecule has 3 rings (SSSR count). The molecule has 0 spiro atoms. The molecule has 1 heterocycles. The summed E-state index contributed by atoms with van der Waals surface area (Å²) in [6.07, 6.45) is 0.114. The Morgan fingerprint density at radius 2 is 1.83 bits per heavy atom. The van der Waals surface area contributed by atoms with Crippen LogP contribution in [-0.2, 0) is 25.7 Å². The number of nitrogens with zero attached hydrogens (tertiary/aromatic N) is 1. The maximum absolute atomic E-state index is 12.3. The van der Waals surface area contributed by atoms with Crippen LogP contribution in [0, 0.1) is 26.7 Å². The van der Waals surface area contributed by atoms with Crippen LogP contribution in [0.25, 0.3) is 0 Å². The van der Waals surface area contributed by atoms with Crippen molar-refractivity contribution in [1.29, 1.82) is 0 Å². The van der Waals surface area contributed by atoms with Gasteiger partial charge in [0.25, 0.3) is 5.91 Å². The van der Waals surface area contributed by atoms with Crippen LogP contribution in [0.4, 0.5) is 5.69 Å². The number of anilines is 1. The van der Waals surface area contributed by atoms with E-state index in [0.29, 0.717) is 18.8 Å². The van der Waals surface area contributed by atoms with E-state index in [0.717, 1.165) is 22.3 Å². The van der Waals surface area contributed by atoms with Crippen molar-refractivity contribution in [3.63, 3.8) is 0 Å². The molecule has 152 valence electrons. The molecular weight excluding hydrogens is 368 g/mol. The van der Waals surface area contributed by atoms with Gasteiger partial charge in [-0.25, -0.2) is 0 Å². The summed E-state index contributed by atoms with van der Waals surface area (Å²) in [6, 6.07) is 13.6. The highest BCUT2D eigenvalue weighted by Gasteiger charge is 2.35. The fourth-order valence-electron chi connectivity index (χ4n) is 3.32. The van der Waals surface area contributed by atoms with E-state index < -0.39 is 17.8 Å². The lowest BCUT2D eigenvalue weighted by atomic mass is 10.1. The topological polar surface area (TPSA) is 75.7 Å². The molecule has 2 aromatic carbocycles. The first kappa shape index (κ1) is 20.6. The number of likely N-dealkylation sites (tertiary alicyclic amines) is 1. The van der Waals surface area contributed by atoms with E-state index in [1.165, 1.54) is 0 Å². The molecule has 1 saturated heterocycles. The highest BCUT2D eigenvalue weighted by atomic mass is 16.5. The molecule has 2 amide bonds. The van der Waals surface area contributed by atoms with Crippen LogP contribution < -0.4 is 5.32 Å². The van der Waals surface area contributed by atoms with Gasteiger partial charge in [0.15, 0.2) is 6.61 Å². The van der Waals surface area contributed by atoms with Crippen LogP contribution in [-0.4, -0.2) is 35.8 Å². The Bertz CT molecular complexity index is 921. The van der Waals surface area contributed by atoms with Gasteiger partial charge < -0.3 is 15.0 Å². The summed E-state index contributed by atoms with van der Waals surface area (Å²) in [5, 5.41) is 2.76. The second-order valence-electron chi connectivity index (χ2n) is 7.56. The quantitative estimate of drug-likeness (QED) is 0.764. The molecule has 1 aliphatic rings. The summed E-state index contributed by atoms with van der Waals surface area (Å²) >= 11 is 0. The fourth-order valence-corrected chi connectivity index (χ4v) is 3.32. The van der Waals surface area contributed by atoms with Gasteiger partial charge in [-0.3, -0.25) is 14.4 Å². The van der Waals surface area contributed by atoms with Crippen molar-refractivity contribution in [2.75, 3.05) is 18.5 Å². The minimum atomic E-state index is -0.540. The molecule has 0 aromatic heterocycles. The van der Waals surface area contributed by atoms with Crippen molar-refractivity contribution in [2.45, 2.75) is 33.7 Å². The molecular formula is C23H26N2O4. The standard InChI is InChI=1S/C23H26N2O4/c1-15-7-9-18(10-8-15)12-25-13-19(11-22(25)27)23(28)29-14-21(26)24-20-6-4-5-16(2)17(20)3/h4-10,19H,11-14H2,1-3H3,(H,24,26)/t19-/m0/s1. The highest BCUT2D eigenvalue weighted by molar-refractivity contribution is 5.94. The average Bonchev–Trinajstić information content (AvgIpc) is 3.06. The lowest BCUT2D eigenvalue weighted by Crippen LogP contribution is -2.28. The van der Waals surface area contributed by atoms with Gasteiger partial charge in [-0.2, -0.15) is 0 Å². The van der Waals surface area contributed by atoms with Crippen LogP contribution in [0.15, 0.2) is 42.5 Å². The SMILES string of the molecule is Cc1ccc(CN2C[C@@H](C(=O)OCC(=O)Nc3cccc(C)c3C)CC2=O)cc1. The summed E-state index contributed by atoms with van der Waals surface area (Å²) in [5.41, 5.74) is 4.91. The number of carbonyl (C=O) groups excluding carboxylic acids is 3. The molecule has 0 radical (unpaired) electrons. The zero-order valence-corrected chi connectivity index (χ0v) is 17.0. The molecule has 0 bridgehead atoms. The molecule has 6 nitrogen and oxygen atoms in total. The number of carbonyl (C=O) groups is 3. The van der Waals surface area contributed by atoms with Crippen molar-refractivity contribution in [2.24, 2.45) is 5.92 Å². The summed E-state index contributed by atoms with van der Waals surface area (Å²) < 4.78 is 5.16. The van der Waals surface area contributed by atoms with Gasteiger partial charge in [0, 0.05) is 25.2 Å².